The third-order valence-corrected chi connectivity index (χ3v) is 5.16. The number of amides is 2. The van der Waals surface area contributed by atoms with Crippen LogP contribution in [0.2, 0.25) is 0 Å². The molecule has 7 heteroatoms. The van der Waals surface area contributed by atoms with Gasteiger partial charge in [-0.15, -0.1) is 0 Å². The topological polar surface area (TPSA) is 55.8 Å². The molecule has 5 nitrogen and oxygen atoms in total. The number of methoxy groups -OCH3 is 1. The largest absolute Gasteiger partial charge is 0.493 e. The second-order valence-corrected chi connectivity index (χ2v) is 7.12. The molecule has 0 N–H and O–H groups in total. The summed E-state index contributed by atoms with van der Waals surface area (Å²) in [6.07, 6.45) is 1.55. The minimum absolute atomic E-state index is 0.138. The summed E-state index contributed by atoms with van der Waals surface area (Å²) in [6, 6.07) is 18.4. The van der Waals surface area contributed by atoms with E-state index in [1.807, 2.05) is 19.1 Å². The number of anilines is 1. The van der Waals surface area contributed by atoms with Gasteiger partial charge in [0.2, 0.25) is 0 Å². The van der Waals surface area contributed by atoms with E-state index < -0.39 is 18.4 Å². The van der Waals surface area contributed by atoms with Crippen LogP contribution in [0.4, 0.5) is 14.5 Å². The van der Waals surface area contributed by atoms with Crippen molar-refractivity contribution < 1.29 is 27.8 Å². The second-order valence-electron chi connectivity index (χ2n) is 7.12. The van der Waals surface area contributed by atoms with Gasteiger partial charge in [0.25, 0.3) is 11.8 Å². The minimum Gasteiger partial charge on any atom is -0.493 e. The maximum Gasteiger partial charge on any atom is 0.387 e. The van der Waals surface area contributed by atoms with E-state index in [-0.39, 0.29) is 17.1 Å². The predicted octanol–water partition coefficient (Wildman–Crippen LogP) is 5.33. The molecule has 3 aromatic rings. The van der Waals surface area contributed by atoms with Crippen LogP contribution in [0, 0.1) is 6.92 Å². The first-order valence-electron chi connectivity index (χ1n) is 9.79. The summed E-state index contributed by atoms with van der Waals surface area (Å²) in [7, 11) is 1.35. The summed E-state index contributed by atoms with van der Waals surface area (Å²) in [5.74, 6) is -0.941. The molecule has 0 aromatic heterocycles. The molecule has 0 bridgehead atoms. The highest BCUT2D eigenvalue weighted by molar-refractivity contribution is 6.43. The molecule has 1 aliphatic rings. The molecule has 0 saturated heterocycles. The first kappa shape index (κ1) is 21.2. The van der Waals surface area contributed by atoms with Crippen LogP contribution in [0.3, 0.4) is 0 Å². The lowest BCUT2D eigenvalue weighted by Gasteiger charge is -2.29. The third-order valence-electron chi connectivity index (χ3n) is 5.16. The Morgan fingerprint density at radius 1 is 0.875 bits per heavy atom. The van der Waals surface area contributed by atoms with Crippen LogP contribution in [-0.4, -0.2) is 25.5 Å². The Balaban J connectivity index is 1.87. The molecule has 0 saturated carbocycles. The van der Waals surface area contributed by atoms with E-state index in [4.69, 9.17) is 4.74 Å². The van der Waals surface area contributed by atoms with Crippen LogP contribution < -0.4 is 14.4 Å². The fourth-order valence-corrected chi connectivity index (χ4v) is 3.66. The lowest BCUT2D eigenvalue weighted by Crippen LogP contribution is -2.42. The molecule has 0 unspecified atom stereocenters. The Morgan fingerprint density at radius 3 is 2.25 bits per heavy atom. The van der Waals surface area contributed by atoms with Gasteiger partial charge >= 0.3 is 6.61 Å². The van der Waals surface area contributed by atoms with Crippen LogP contribution in [0.25, 0.3) is 11.6 Å². The predicted molar refractivity (Wildman–Crippen MR) is 117 cm³/mol. The highest BCUT2D eigenvalue weighted by atomic mass is 19.3. The van der Waals surface area contributed by atoms with Gasteiger partial charge in [0.1, 0.15) is 0 Å². The average Bonchev–Trinajstić information content (AvgIpc) is 2.78. The molecule has 0 fully saturated rings. The summed E-state index contributed by atoms with van der Waals surface area (Å²) in [5.41, 5.74) is 2.80. The lowest BCUT2D eigenvalue weighted by molar-refractivity contribution is -0.112. The maximum atomic E-state index is 13.5. The van der Waals surface area contributed by atoms with E-state index >= 15 is 0 Å². The first-order valence-corrected chi connectivity index (χ1v) is 9.79. The smallest absolute Gasteiger partial charge is 0.387 e. The average molecular weight is 435 g/mol. The van der Waals surface area contributed by atoms with E-state index in [2.05, 4.69) is 4.74 Å². The molecule has 1 heterocycles. The third kappa shape index (κ3) is 3.85. The van der Waals surface area contributed by atoms with Crippen LogP contribution in [0.5, 0.6) is 11.5 Å². The Morgan fingerprint density at radius 2 is 1.56 bits per heavy atom. The first-order chi connectivity index (χ1) is 15.4. The number of para-hydroxylation sites is 1. The number of halogens is 2. The van der Waals surface area contributed by atoms with Gasteiger partial charge in [-0.25, -0.2) is 4.90 Å². The van der Waals surface area contributed by atoms with Crippen molar-refractivity contribution >= 4 is 29.2 Å². The van der Waals surface area contributed by atoms with Crippen molar-refractivity contribution in [2.45, 2.75) is 13.5 Å². The molecule has 162 valence electrons. The molecular formula is C25H19F2NO4. The molecule has 2 amide bonds. The van der Waals surface area contributed by atoms with Gasteiger partial charge in [-0.05, 0) is 54.0 Å². The van der Waals surface area contributed by atoms with Crippen LogP contribution in [-0.2, 0) is 4.79 Å². The van der Waals surface area contributed by atoms with Crippen molar-refractivity contribution in [2.75, 3.05) is 12.0 Å². The zero-order valence-electron chi connectivity index (χ0n) is 17.3. The van der Waals surface area contributed by atoms with Gasteiger partial charge in [0, 0.05) is 11.1 Å². The molecule has 0 spiro atoms. The number of alkyl halides is 2. The van der Waals surface area contributed by atoms with Crippen molar-refractivity contribution in [2.24, 2.45) is 0 Å². The van der Waals surface area contributed by atoms with E-state index in [1.165, 1.54) is 19.2 Å². The van der Waals surface area contributed by atoms with Crippen LogP contribution in [0.15, 0.2) is 66.7 Å². The number of carbonyl (C=O) groups excluding carboxylic acids is 2. The highest BCUT2D eigenvalue weighted by Crippen LogP contribution is 2.36. The number of carbonyl (C=O) groups is 2. The highest BCUT2D eigenvalue weighted by Gasteiger charge is 2.36. The van der Waals surface area contributed by atoms with Crippen molar-refractivity contribution in [3.63, 3.8) is 0 Å². The van der Waals surface area contributed by atoms with Gasteiger partial charge < -0.3 is 9.47 Å². The Hall–Kier alpha value is -4.00. The molecule has 3 aromatic carbocycles. The number of imide groups is 1. The quantitative estimate of drug-likeness (QED) is 0.401. The van der Waals surface area contributed by atoms with Crippen molar-refractivity contribution in [1.29, 1.82) is 0 Å². The lowest BCUT2D eigenvalue weighted by atomic mass is 9.91. The fourth-order valence-electron chi connectivity index (χ4n) is 3.66. The molecule has 0 radical (unpaired) electrons. The SMILES string of the molecule is COc1ccc(/C=C2\C(=O)N(c3ccccc3C)C(=O)c3ccccc32)cc1OC(F)F. The Bertz CT molecular complexity index is 1240. The van der Waals surface area contributed by atoms with Crippen LogP contribution >= 0.6 is 0 Å². The molecule has 1 aliphatic heterocycles. The van der Waals surface area contributed by atoms with E-state index in [0.29, 0.717) is 22.4 Å². The van der Waals surface area contributed by atoms with Gasteiger partial charge in [0.05, 0.1) is 12.8 Å². The molecule has 4 rings (SSSR count). The number of ether oxygens (including phenoxy) is 2. The fraction of sp³-hybridized carbons (Fsp3) is 0.120. The van der Waals surface area contributed by atoms with E-state index in [9.17, 15) is 18.4 Å². The number of rotatable bonds is 5. The van der Waals surface area contributed by atoms with Crippen molar-refractivity contribution in [3.05, 3.63) is 89.0 Å². The van der Waals surface area contributed by atoms with Crippen molar-refractivity contribution in [1.82, 2.24) is 0 Å². The normalized spacial score (nSPS) is 14.7. The number of fused-ring (bicyclic) bond motifs is 1. The summed E-state index contributed by atoms with van der Waals surface area (Å²) >= 11 is 0. The van der Waals surface area contributed by atoms with Crippen LogP contribution in [0.1, 0.15) is 27.0 Å². The van der Waals surface area contributed by atoms with Crippen molar-refractivity contribution in [3.8, 4) is 11.5 Å². The summed E-state index contributed by atoms with van der Waals surface area (Å²) in [4.78, 5) is 27.8. The summed E-state index contributed by atoms with van der Waals surface area (Å²) in [5, 5.41) is 0. The number of hydrogen-bond acceptors (Lipinski definition) is 4. The standard InChI is InChI=1S/C25H19F2NO4/c1-15-7-3-6-10-20(15)28-23(29)18-9-5-4-8-17(18)19(24(28)30)13-16-11-12-21(31-2)22(14-16)32-25(26)27/h3-14,25H,1-2H3/b19-13-. The number of aryl methyl sites for hydroxylation is 1. The Labute approximate surface area is 183 Å². The zero-order valence-corrected chi connectivity index (χ0v) is 17.3. The maximum absolute atomic E-state index is 13.5. The van der Waals surface area contributed by atoms with Gasteiger partial charge in [-0.3, -0.25) is 9.59 Å². The van der Waals surface area contributed by atoms with E-state index in [0.717, 1.165) is 10.5 Å². The summed E-state index contributed by atoms with van der Waals surface area (Å²) in [6.45, 7) is -1.21. The van der Waals surface area contributed by atoms with E-state index in [1.54, 1.807) is 48.5 Å². The monoisotopic (exact) mass is 435 g/mol. The molecular weight excluding hydrogens is 416 g/mol. The minimum atomic E-state index is -3.03. The van der Waals surface area contributed by atoms with Gasteiger partial charge in [-0.1, -0.05) is 42.5 Å². The van der Waals surface area contributed by atoms with Gasteiger partial charge in [0.15, 0.2) is 11.5 Å². The number of nitrogens with zero attached hydrogens (tertiary/aromatic N) is 1. The molecule has 32 heavy (non-hydrogen) atoms. The Kier molecular flexibility index (Phi) is 5.73. The second kappa shape index (κ2) is 8.63. The number of benzene rings is 3. The molecule has 0 aliphatic carbocycles. The zero-order chi connectivity index (χ0) is 22.8. The number of hydrogen-bond donors (Lipinski definition) is 0. The van der Waals surface area contributed by atoms with Gasteiger partial charge in [-0.2, -0.15) is 8.78 Å². The summed E-state index contributed by atoms with van der Waals surface area (Å²) < 4.78 is 35.2. The molecule has 0 atom stereocenters.